The molecule has 0 saturated heterocycles. The first kappa shape index (κ1) is 14.7. The molecule has 5 heteroatoms. The SMILES string of the molecule is Cc1cc(-c2ccccc2)c(O)c(-n2nc3ccc(Cl)cc3n2)c1. The number of fused-ring (bicyclic) bond motifs is 1. The van der Waals surface area contributed by atoms with E-state index in [0.29, 0.717) is 16.2 Å². The quantitative estimate of drug-likeness (QED) is 0.575. The second kappa shape index (κ2) is 5.65. The highest BCUT2D eigenvalue weighted by molar-refractivity contribution is 6.31. The Labute approximate surface area is 143 Å². The van der Waals surface area contributed by atoms with Crippen molar-refractivity contribution in [2.45, 2.75) is 6.92 Å². The zero-order valence-electron chi connectivity index (χ0n) is 12.9. The van der Waals surface area contributed by atoms with Gasteiger partial charge in [-0.3, -0.25) is 0 Å². The van der Waals surface area contributed by atoms with Gasteiger partial charge in [0, 0.05) is 10.6 Å². The maximum atomic E-state index is 10.8. The van der Waals surface area contributed by atoms with E-state index in [-0.39, 0.29) is 5.75 Å². The van der Waals surface area contributed by atoms with Crippen LogP contribution in [-0.2, 0) is 0 Å². The highest BCUT2D eigenvalue weighted by Crippen LogP contribution is 2.35. The molecule has 0 amide bonds. The standard InChI is InChI=1S/C19H14ClN3O/c1-12-9-15(13-5-3-2-4-6-13)19(24)18(10-12)23-21-16-8-7-14(20)11-17(16)22-23/h2-11,24H,1H3. The Hall–Kier alpha value is -2.85. The summed E-state index contributed by atoms with van der Waals surface area (Å²) in [4.78, 5) is 1.45. The number of phenols is 1. The maximum absolute atomic E-state index is 10.8. The van der Waals surface area contributed by atoms with E-state index in [1.54, 1.807) is 12.1 Å². The molecule has 1 N–H and O–H groups in total. The molecule has 0 saturated carbocycles. The van der Waals surface area contributed by atoms with E-state index in [4.69, 9.17) is 11.6 Å². The van der Waals surface area contributed by atoms with E-state index < -0.39 is 0 Å². The second-order valence-electron chi connectivity index (χ2n) is 5.67. The van der Waals surface area contributed by atoms with Crippen LogP contribution >= 0.6 is 11.6 Å². The molecule has 118 valence electrons. The van der Waals surface area contributed by atoms with Crippen LogP contribution in [0.25, 0.3) is 27.8 Å². The largest absolute Gasteiger partial charge is 0.505 e. The van der Waals surface area contributed by atoms with Crippen molar-refractivity contribution in [3.63, 3.8) is 0 Å². The van der Waals surface area contributed by atoms with Gasteiger partial charge in [0.2, 0.25) is 0 Å². The summed E-state index contributed by atoms with van der Waals surface area (Å²) in [6.07, 6.45) is 0. The molecule has 0 spiro atoms. The molecular weight excluding hydrogens is 322 g/mol. The molecule has 1 heterocycles. The van der Waals surface area contributed by atoms with Gasteiger partial charge < -0.3 is 5.11 Å². The average molecular weight is 336 g/mol. The Bertz CT molecular complexity index is 1040. The van der Waals surface area contributed by atoms with E-state index >= 15 is 0 Å². The smallest absolute Gasteiger partial charge is 0.150 e. The first-order chi connectivity index (χ1) is 11.6. The third-order valence-electron chi connectivity index (χ3n) is 3.88. The molecule has 0 aliphatic rings. The van der Waals surface area contributed by atoms with E-state index in [0.717, 1.165) is 22.2 Å². The number of halogens is 1. The van der Waals surface area contributed by atoms with Crippen LogP contribution in [-0.4, -0.2) is 20.1 Å². The molecule has 0 unspecified atom stereocenters. The Morgan fingerprint density at radius 2 is 1.67 bits per heavy atom. The fraction of sp³-hybridized carbons (Fsp3) is 0.0526. The van der Waals surface area contributed by atoms with Crippen LogP contribution in [0.2, 0.25) is 5.02 Å². The lowest BCUT2D eigenvalue weighted by atomic mass is 10.0. The summed E-state index contributed by atoms with van der Waals surface area (Å²) in [5.74, 6) is 0.151. The first-order valence-electron chi connectivity index (χ1n) is 7.54. The molecule has 0 aliphatic carbocycles. The zero-order valence-corrected chi connectivity index (χ0v) is 13.7. The fourth-order valence-electron chi connectivity index (χ4n) is 2.75. The summed E-state index contributed by atoms with van der Waals surface area (Å²) >= 11 is 6.01. The lowest BCUT2D eigenvalue weighted by molar-refractivity contribution is 0.469. The molecule has 24 heavy (non-hydrogen) atoms. The van der Waals surface area contributed by atoms with Crippen molar-refractivity contribution in [3.05, 3.63) is 71.2 Å². The predicted molar refractivity (Wildman–Crippen MR) is 95.7 cm³/mol. The minimum Gasteiger partial charge on any atom is -0.505 e. The molecule has 0 aliphatic heterocycles. The van der Waals surface area contributed by atoms with Gasteiger partial charge in [0.1, 0.15) is 16.7 Å². The number of aromatic hydroxyl groups is 1. The summed E-state index contributed by atoms with van der Waals surface area (Å²) in [6, 6.07) is 18.9. The van der Waals surface area contributed by atoms with Crippen molar-refractivity contribution < 1.29 is 5.11 Å². The van der Waals surface area contributed by atoms with Crippen molar-refractivity contribution in [2.24, 2.45) is 0 Å². The zero-order chi connectivity index (χ0) is 16.7. The van der Waals surface area contributed by atoms with Crippen molar-refractivity contribution in [1.82, 2.24) is 15.0 Å². The van der Waals surface area contributed by atoms with Crippen molar-refractivity contribution in [1.29, 1.82) is 0 Å². The van der Waals surface area contributed by atoms with Gasteiger partial charge in [-0.2, -0.15) is 0 Å². The number of nitrogens with zero attached hydrogens (tertiary/aromatic N) is 3. The van der Waals surface area contributed by atoms with Gasteiger partial charge >= 0.3 is 0 Å². The molecule has 1 aromatic heterocycles. The van der Waals surface area contributed by atoms with Gasteiger partial charge in [0.25, 0.3) is 0 Å². The van der Waals surface area contributed by atoms with E-state index in [1.165, 1.54) is 4.80 Å². The minimum absolute atomic E-state index is 0.151. The number of rotatable bonds is 2. The predicted octanol–water partition coefficient (Wildman–Crippen LogP) is 4.75. The molecule has 4 rings (SSSR count). The van der Waals surface area contributed by atoms with Gasteiger partial charge in [-0.05, 0) is 48.4 Å². The van der Waals surface area contributed by atoms with Crippen LogP contribution in [0.3, 0.4) is 0 Å². The van der Waals surface area contributed by atoms with Gasteiger partial charge in [0.05, 0.1) is 0 Å². The Kier molecular flexibility index (Phi) is 3.47. The van der Waals surface area contributed by atoms with Gasteiger partial charge in [-0.1, -0.05) is 41.9 Å². The normalized spacial score (nSPS) is 11.1. The Balaban J connectivity index is 1.92. The Morgan fingerprint density at radius 3 is 2.46 bits per heavy atom. The molecule has 0 atom stereocenters. The van der Waals surface area contributed by atoms with Crippen LogP contribution in [0, 0.1) is 6.92 Å². The first-order valence-corrected chi connectivity index (χ1v) is 7.91. The molecule has 0 bridgehead atoms. The van der Waals surface area contributed by atoms with Crippen molar-refractivity contribution >= 4 is 22.6 Å². The second-order valence-corrected chi connectivity index (χ2v) is 6.11. The maximum Gasteiger partial charge on any atom is 0.150 e. The number of hydrogen-bond acceptors (Lipinski definition) is 3. The molecule has 4 aromatic rings. The van der Waals surface area contributed by atoms with Crippen LogP contribution < -0.4 is 0 Å². The summed E-state index contributed by atoms with van der Waals surface area (Å²) in [5, 5.41) is 20.3. The monoisotopic (exact) mass is 335 g/mol. The van der Waals surface area contributed by atoms with Crippen molar-refractivity contribution in [2.75, 3.05) is 0 Å². The van der Waals surface area contributed by atoms with E-state index in [9.17, 15) is 5.11 Å². The molecule has 4 nitrogen and oxygen atoms in total. The number of hydrogen-bond donors (Lipinski definition) is 1. The summed E-state index contributed by atoms with van der Waals surface area (Å²) in [6.45, 7) is 1.98. The lowest BCUT2D eigenvalue weighted by Crippen LogP contribution is -2.00. The topological polar surface area (TPSA) is 50.9 Å². The van der Waals surface area contributed by atoms with E-state index in [2.05, 4.69) is 10.2 Å². The van der Waals surface area contributed by atoms with Crippen LogP contribution in [0.15, 0.2) is 60.7 Å². The third kappa shape index (κ3) is 2.51. The van der Waals surface area contributed by atoms with E-state index in [1.807, 2.05) is 55.5 Å². The summed E-state index contributed by atoms with van der Waals surface area (Å²) in [5.41, 5.74) is 4.66. The molecular formula is C19H14ClN3O. The number of aryl methyl sites for hydroxylation is 1. The number of benzene rings is 3. The average Bonchev–Trinajstić information content (AvgIpc) is 3.00. The van der Waals surface area contributed by atoms with Crippen LogP contribution in [0.1, 0.15) is 5.56 Å². The summed E-state index contributed by atoms with van der Waals surface area (Å²) in [7, 11) is 0. The van der Waals surface area contributed by atoms with Gasteiger partial charge in [-0.15, -0.1) is 15.0 Å². The van der Waals surface area contributed by atoms with Crippen molar-refractivity contribution in [3.8, 4) is 22.6 Å². The molecule has 3 aromatic carbocycles. The number of phenolic OH excluding ortho intramolecular Hbond substituents is 1. The summed E-state index contributed by atoms with van der Waals surface area (Å²) < 4.78 is 0. The Morgan fingerprint density at radius 1 is 0.917 bits per heavy atom. The highest BCUT2D eigenvalue weighted by atomic mass is 35.5. The number of aromatic nitrogens is 3. The molecule has 0 radical (unpaired) electrons. The van der Waals surface area contributed by atoms with Gasteiger partial charge in [-0.25, -0.2) is 0 Å². The highest BCUT2D eigenvalue weighted by Gasteiger charge is 2.14. The fourth-order valence-corrected chi connectivity index (χ4v) is 2.91. The van der Waals surface area contributed by atoms with Gasteiger partial charge in [0.15, 0.2) is 5.75 Å². The lowest BCUT2D eigenvalue weighted by Gasteiger charge is -2.11. The van der Waals surface area contributed by atoms with Crippen LogP contribution in [0.4, 0.5) is 0 Å². The minimum atomic E-state index is 0.151. The van der Waals surface area contributed by atoms with Crippen LogP contribution in [0.5, 0.6) is 5.75 Å². The third-order valence-corrected chi connectivity index (χ3v) is 4.11. The molecule has 0 fully saturated rings.